The summed E-state index contributed by atoms with van der Waals surface area (Å²) in [5.41, 5.74) is 8.18. The fourth-order valence-corrected chi connectivity index (χ4v) is 1.13. The fourth-order valence-electron chi connectivity index (χ4n) is 1.13. The molecule has 2 heteroatoms. The molecule has 1 rings (SSSR count). The molecule has 0 saturated heterocycles. The number of primary amides is 1. The predicted octanol–water partition coefficient (Wildman–Crippen LogP) is 2.29. The van der Waals surface area contributed by atoms with Crippen molar-refractivity contribution in [3.63, 3.8) is 0 Å². The van der Waals surface area contributed by atoms with Gasteiger partial charge in [-0.25, -0.2) is 0 Å². The summed E-state index contributed by atoms with van der Waals surface area (Å²) >= 11 is 0. The number of carbonyl (C=O) groups excluding carboxylic acids is 1. The lowest BCUT2D eigenvalue weighted by atomic mass is 10.1. The average molecular weight is 189 g/mol. The van der Waals surface area contributed by atoms with Crippen LogP contribution in [0.5, 0.6) is 0 Å². The van der Waals surface area contributed by atoms with Gasteiger partial charge in [0, 0.05) is 5.56 Å². The van der Waals surface area contributed by atoms with Gasteiger partial charge >= 0.3 is 0 Å². The van der Waals surface area contributed by atoms with E-state index in [1.54, 1.807) is 12.1 Å². The van der Waals surface area contributed by atoms with Crippen LogP contribution in [-0.2, 0) is 6.42 Å². The standard InChI is InChI=1S/C12H15NO/c1-9(2)3-4-10-5-7-11(8-6-10)12(13)14/h3,5-8H,4H2,1-2H3,(H2,13,14). The summed E-state index contributed by atoms with van der Waals surface area (Å²) in [6.07, 6.45) is 3.06. The minimum absolute atomic E-state index is 0.376. The van der Waals surface area contributed by atoms with Crippen LogP contribution >= 0.6 is 0 Å². The van der Waals surface area contributed by atoms with Gasteiger partial charge in [-0.15, -0.1) is 0 Å². The van der Waals surface area contributed by atoms with Crippen LogP contribution in [0.4, 0.5) is 0 Å². The number of benzene rings is 1. The molecule has 0 fully saturated rings. The Hall–Kier alpha value is -1.57. The van der Waals surface area contributed by atoms with Gasteiger partial charge in [0.1, 0.15) is 0 Å². The van der Waals surface area contributed by atoms with Gasteiger partial charge in [0.15, 0.2) is 0 Å². The zero-order valence-corrected chi connectivity index (χ0v) is 8.58. The van der Waals surface area contributed by atoms with Gasteiger partial charge in [0.05, 0.1) is 0 Å². The summed E-state index contributed by atoms with van der Waals surface area (Å²) in [5.74, 6) is -0.376. The topological polar surface area (TPSA) is 43.1 Å². The molecule has 2 N–H and O–H groups in total. The van der Waals surface area contributed by atoms with E-state index in [0.29, 0.717) is 5.56 Å². The maximum absolute atomic E-state index is 10.8. The van der Waals surface area contributed by atoms with Crippen molar-refractivity contribution < 1.29 is 4.79 Å². The smallest absolute Gasteiger partial charge is 0.248 e. The number of allylic oxidation sites excluding steroid dienone is 2. The van der Waals surface area contributed by atoms with Crippen LogP contribution in [0, 0.1) is 0 Å². The lowest BCUT2D eigenvalue weighted by molar-refractivity contribution is 0.100. The van der Waals surface area contributed by atoms with Crippen LogP contribution in [0.1, 0.15) is 29.8 Å². The van der Waals surface area contributed by atoms with Gasteiger partial charge in [-0.1, -0.05) is 23.8 Å². The van der Waals surface area contributed by atoms with Crippen molar-refractivity contribution >= 4 is 5.91 Å². The highest BCUT2D eigenvalue weighted by atomic mass is 16.1. The van der Waals surface area contributed by atoms with E-state index in [4.69, 9.17) is 5.73 Å². The van der Waals surface area contributed by atoms with E-state index in [0.717, 1.165) is 6.42 Å². The summed E-state index contributed by atoms with van der Waals surface area (Å²) in [7, 11) is 0. The normalized spacial score (nSPS) is 9.57. The molecule has 14 heavy (non-hydrogen) atoms. The lowest BCUT2D eigenvalue weighted by Gasteiger charge is -1.99. The van der Waals surface area contributed by atoms with Crippen LogP contribution in [0.25, 0.3) is 0 Å². The maximum Gasteiger partial charge on any atom is 0.248 e. The van der Waals surface area contributed by atoms with Gasteiger partial charge in [0.25, 0.3) is 0 Å². The van der Waals surface area contributed by atoms with Gasteiger partial charge in [-0.05, 0) is 38.0 Å². The first-order valence-electron chi connectivity index (χ1n) is 4.61. The third-order valence-corrected chi connectivity index (χ3v) is 1.98. The molecule has 0 unspecified atom stereocenters. The number of hydrogen-bond acceptors (Lipinski definition) is 1. The molecule has 0 aliphatic heterocycles. The molecule has 0 bridgehead atoms. The van der Waals surface area contributed by atoms with Crippen LogP contribution in [0.2, 0.25) is 0 Å². The predicted molar refractivity (Wildman–Crippen MR) is 58.1 cm³/mol. The second-order valence-corrected chi connectivity index (χ2v) is 3.55. The first-order valence-corrected chi connectivity index (χ1v) is 4.61. The van der Waals surface area contributed by atoms with E-state index in [1.165, 1.54) is 11.1 Å². The molecule has 0 aliphatic carbocycles. The van der Waals surface area contributed by atoms with Crippen LogP contribution in [0.15, 0.2) is 35.9 Å². The van der Waals surface area contributed by atoms with Crippen LogP contribution in [0.3, 0.4) is 0 Å². The summed E-state index contributed by atoms with van der Waals surface area (Å²) in [5, 5.41) is 0. The summed E-state index contributed by atoms with van der Waals surface area (Å²) in [6.45, 7) is 4.13. The van der Waals surface area contributed by atoms with E-state index in [2.05, 4.69) is 19.9 Å². The largest absolute Gasteiger partial charge is 0.366 e. The number of nitrogens with two attached hydrogens (primary N) is 1. The Morgan fingerprint density at radius 1 is 1.29 bits per heavy atom. The Kier molecular flexibility index (Phi) is 3.46. The van der Waals surface area contributed by atoms with Crippen molar-refractivity contribution in [3.8, 4) is 0 Å². The molecule has 1 aromatic carbocycles. The number of hydrogen-bond donors (Lipinski definition) is 1. The molecule has 0 heterocycles. The molecular formula is C12H15NO. The average Bonchev–Trinajstić information content (AvgIpc) is 2.15. The highest BCUT2D eigenvalue weighted by Gasteiger charge is 1.98. The molecule has 1 aromatic rings. The molecule has 0 atom stereocenters. The summed E-state index contributed by atoms with van der Waals surface area (Å²) < 4.78 is 0. The van der Waals surface area contributed by atoms with Crippen molar-refractivity contribution in [3.05, 3.63) is 47.0 Å². The summed E-state index contributed by atoms with van der Waals surface area (Å²) in [4.78, 5) is 10.8. The van der Waals surface area contributed by atoms with E-state index in [9.17, 15) is 4.79 Å². The molecule has 0 radical (unpaired) electrons. The quantitative estimate of drug-likeness (QED) is 0.728. The molecule has 0 aliphatic rings. The van der Waals surface area contributed by atoms with Crippen molar-refractivity contribution in [2.24, 2.45) is 5.73 Å². The molecule has 1 amide bonds. The molecule has 0 aromatic heterocycles. The summed E-state index contributed by atoms with van der Waals surface area (Å²) in [6, 6.07) is 7.38. The van der Waals surface area contributed by atoms with Crippen molar-refractivity contribution in [2.75, 3.05) is 0 Å². The van der Waals surface area contributed by atoms with E-state index >= 15 is 0 Å². The Balaban J connectivity index is 2.74. The highest BCUT2D eigenvalue weighted by Crippen LogP contribution is 2.06. The van der Waals surface area contributed by atoms with Gasteiger partial charge in [0.2, 0.25) is 5.91 Å². The van der Waals surface area contributed by atoms with E-state index < -0.39 is 0 Å². The number of carbonyl (C=O) groups is 1. The number of rotatable bonds is 3. The third-order valence-electron chi connectivity index (χ3n) is 1.98. The van der Waals surface area contributed by atoms with Crippen molar-refractivity contribution in [1.29, 1.82) is 0 Å². The van der Waals surface area contributed by atoms with Gasteiger partial charge in [-0.3, -0.25) is 4.79 Å². The number of amides is 1. The van der Waals surface area contributed by atoms with E-state index in [-0.39, 0.29) is 5.91 Å². The maximum atomic E-state index is 10.8. The highest BCUT2D eigenvalue weighted by molar-refractivity contribution is 5.92. The fraction of sp³-hybridized carbons (Fsp3) is 0.250. The first kappa shape index (κ1) is 10.5. The molecule has 74 valence electrons. The Bertz CT molecular complexity index is 345. The van der Waals surface area contributed by atoms with Gasteiger partial charge < -0.3 is 5.73 Å². The first-order chi connectivity index (χ1) is 6.59. The van der Waals surface area contributed by atoms with Crippen LogP contribution in [-0.4, -0.2) is 5.91 Å². The molecule has 0 spiro atoms. The lowest BCUT2D eigenvalue weighted by Crippen LogP contribution is -2.10. The van der Waals surface area contributed by atoms with Crippen LogP contribution < -0.4 is 5.73 Å². The monoisotopic (exact) mass is 189 g/mol. The van der Waals surface area contributed by atoms with Crippen molar-refractivity contribution in [2.45, 2.75) is 20.3 Å². The molecular weight excluding hydrogens is 174 g/mol. The second kappa shape index (κ2) is 4.61. The molecule has 2 nitrogen and oxygen atoms in total. The van der Waals surface area contributed by atoms with Gasteiger partial charge in [-0.2, -0.15) is 0 Å². The minimum atomic E-state index is -0.376. The Labute approximate surface area is 84.4 Å². The minimum Gasteiger partial charge on any atom is -0.366 e. The zero-order valence-electron chi connectivity index (χ0n) is 8.58. The van der Waals surface area contributed by atoms with E-state index in [1.807, 2.05) is 12.1 Å². The SMILES string of the molecule is CC(C)=CCc1ccc(C(N)=O)cc1. The molecule has 0 saturated carbocycles. The Morgan fingerprint density at radius 2 is 1.86 bits per heavy atom. The second-order valence-electron chi connectivity index (χ2n) is 3.55. The third kappa shape index (κ3) is 3.05. The van der Waals surface area contributed by atoms with Crippen molar-refractivity contribution in [1.82, 2.24) is 0 Å². The Morgan fingerprint density at radius 3 is 2.29 bits per heavy atom. The zero-order chi connectivity index (χ0) is 10.6.